The van der Waals surface area contributed by atoms with Gasteiger partial charge in [0, 0.05) is 56.5 Å². The van der Waals surface area contributed by atoms with Crippen LogP contribution in [-0.4, -0.2) is 41.3 Å². The van der Waals surface area contributed by atoms with Crippen LogP contribution in [-0.2, 0) is 6.42 Å². The van der Waals surface area contributed by atoms with E-state index in [1.165, 1.54) is 24.0 Å². The number of hydrogen-bond acceptors (Lipinski definition) is 5. The summed E-state index contributed by atoms with van der Waals surface area (Å²) in [5.74, 6) is 1.88. The van der Waals surface area contributed by atoms with Crippen LogP contribution in [0.15, 0.2) is 91.0 Å². The van der Waals surface area contributed by atoms with Crippen LogP contribution >= 0.6 is 0 Å². The third-order valence-electron chi connectivity index (χ3n) is 10.5. The molecule has 8 rings (SSSR count). The molecule has 2 aliphatic rings. The van der Waals surface area contributed by atoms with Crippen molar-refractivity contribution in [1.29, 1.82) is 0 Å². The Labute approximate surface area is 322 Å². The summed E-state index contributed by atoms with van der Waals surface area (Å²) >= 11 is 0. The molecule has 0 saturated carbocycles. The van der Waals surface area contributed by atoms with Gasteiger partial charge in [0.1, 0.15) is 17.2 Å². The van der Waals surface area contributed by atoms with Crippen molar-refractivity contribution in [3.8, 4) is 50.6 Å². The van der Waals surface area contributed by atoms with Crippen molar-refractivity contribution in [2.45, 2.75) is 46.0 Å². The number of ether oxygens (including phenoxy) is 3. The second-order valence-electron chi connectivity index (χ2n) is 14.1. The van der Waals surface area contributed by atoms with Crippen molar-refractivity contribution in [3.63, 3.8) is 0 Å². The highest BCUT2D eigenvalue weighted by Crippen LogP contribution is 2.46. The molecule has 6 aromatic rings. The summed E-state index contributed by atoms with van der Waals surface area (Å²) in [4.78, 5) is 18.5. The average Bonchev–Trinajstić information content (AvgIpc) is 4.06. The molecule has 0 aliphatic carbocycles. The monoisotopic (exact) mass is 726 g/mol. The van der Waals surface area contributed by atoms with Crippen LogP contribution < -0.4 is 14.2 Å². The molecule has 0 unspecified atom stereocenters. The minimum Gasteiger partial charge on any atom is -0.496 e. The second kappa shape index (κ2) is 15.6. The van der Waals surface area contributed by atoms with E-state index in [1.807, 2.05) is 18.2 Å². The molecular formula is C48H46N4O3. The Morgan fingerprint density at radius 1 is 0.509 bits per heavy atom. The molecular weight excluding hydrogens is 681 g/mol. The number of nitrogens with one attached hydrogen (secondary N) is 2. The van der Waals surface area contributed by atoms with Crippen LogP contribution in [0.4, 0.5) is 0 Å². The molecule has 5 heterocycles. The van der Waals surface area contributed by atoms with E-state index in [9.17, 15) is 0 Å². The number of aromatic amines is 2. The van der Waals surface area contributed by atoms with Crippen LogP contribution in [0.25, 0.3) is 79.8 Å². The molecule has 8 bridgehead atoms. The number of benzene rings is 3. The molecule has 3 aromatic heterocycles. The number of H-pyrrole nitrogens is 2. The number of nitrogens with zero attached hydrogens (tertiary/aromatic N) is 2. The predicted molar refractivity (Wildman–Crippen MR) is 227 cm³/mol. The van der Waals surface area contributed by atoms with Gasteiger partial charge >= 0.3 is 0 Å². The minimum atomic E-state index is 0.618. The first-order valence-electron chi connectivity index (χ1n) is 19.1. The molecule has 0 amide bonds. The van der Waals surface area contributed by atoms with Gasteiger partial charge in [-0.2, -0.15) is 0 Å². The van der Waals surface area contributed by atoms with Crippen molar-refractivity contribution in [1.82, 2.24) is 19.9 Å². The van der Waals surface area contributed by atoms with E-state index in [-0.39, 0.29) is 0 Å². The highest BCUT2D eigenvalue weighted by molar-refractivity contribution is 5.99. The summed E-state index contributed by atoms with van der Waals surface area (Å²) in [6.45, 7) is 4.37. The third kappa shape index (κ3) is 6.94. The van der Waals surface area contributed by atoms with E-state index in [1.54, 1.807) is 21.3 Å². The van der Waals surface area contributed by atoms with Crippen molar-refractivity contribution >= 4 is 46.4 Å². The molecule has 0 saturated heterocycles. The maximum atomic E-state index is 6.05. The van der Waals surface area contributed by atoms with Crippen molar-refractivity contribution in [3.05, 3.63) is 125 Å². The molecule has 2 N–H and O–H groups in total. The highest BCUT2D eigenvalue weighted by Gasteiger charge is 2.23. The zero-order valence-electron chi connectivity index (χ0n) is 32.1. The van der Waals surface area contributed by atoms with Gasteiger partial charge in [-0.1, -0.05) is 86.3 Å². The van der Waals surface area contributed by atoms with Crippen LogP contribution in [0.3, 0.4) is 0 Å². The topological polar surface area (TPSA) is 85.1 Å². The number of unbranched alkanes of at least 4 members (excludes halogenated alkanes) is 3. The molecule has 276 valence electrons. The number of fused-ring (bicyclic) bond motifs is 8. The van der Waals surface area contributed by atoms with E-state index in [0.717, 1.165) is 97.5 Å². The second-order valence-corrected chi connectivity index (χ2v) is 14.1. The fourth-order valence-corrected chi connectivity index (χ4v) is 7.70. The molecule has 55 heavy (non-hydrogen) atoms. The molecule has 0 spiro atoms. The van der Waals surface area contributed by atoms with Crippen molar-refractivity contribution < 1.29 is 14.2 Å². The van der Waals surface area contributed by atoms with E-state index >= 15 is 0 Å². The fraction of sp³-hybridized carbons (Fsp3) is 0.208. The first kappa shape index (κ1) is 35.7. The normalized spacial score (nSPS) is 11.9. The summed E-state index contributed by atoms with van der Waals surface area (Å²) in [6, 6.07) is 31.6. The van der Waals surface area contributed by atoms with Crippen LogP contribution in [0, 0.1) is 6.92 Å². The summed E-state index contributed by atoms with van der Waals surface area (Å²) in [5.41, 5.74) is 15.6. The van der Waals surface area contributed by atoms with Crippen molar-refractivity contribution in [2.24, 2.45) is 0 Å². The lowest BCUT2D eigenvalue weighted by molar-refractivity contribution is 0.377. The molecule has 2 aliphatic heterocycles. The van der Waals surface area contributed by atoms with Gasteiger partial charge in [-0.25, -0.2) is 9.97 Å². The quantitative estimate of drug-likeness (QED) is 0.130. The van der Waals surface area contributed by atoms with Crippen molar-refractivity contribution in [2.75, 3.05) is 21.3 Å². The Morgan fingerprint density at radius 2 is 1.04 bits per heavy atom. The van der Waals surface area contributed by atoms with Gasteiger partial charge in [-0.15, -0.1) is 0 Å². The molecule has 7 heteroatoms. The number of aryl methyl sites for hydroxylation is 2. The Kier molecular flexibility index (Phi) is 10.1. The summed E-state index contributed by atoms with van der Waals surface area (Å²) in [5, 5.41) is 0. The lowest BCUT2D eigenvalue weighted by Gasteiger charge is -2.16. The maximum absolute atomic E-state index is 6.05. The van der Waals surface area contributed by atoms with Crippen LogP contribution in [0.1, 0.15) is 66.5 Å². The standard InChI is InChI=1S/C48H46N4O3/c1-6-7-8-12-15-34-35-20-22-37(49-35)46(32-18-16-30(2)17-19-32)40-25-24-38(51-40)45(31-13-10-9-11-14-31)39-26-27-42(52-39)47(41-23-21-36(34)50-41)48-43(54-4)28-33(53-3)29-44(48)55-5/h9-11,13-14,16-29,50-51H,6-8,12,15H2,1-5H3. The van der Waals surface area contributed by atoms with E-state index in [0.29, 0.717) is 17.2 Å². The molecule has 0 fully saturated rings. The first-order valence-corrected chi connectivity index (χ1v) is 19.1. The van der Waals surface area contributed by atoms with Gasteiger partial charge in [0.25, 0.3) is 0 Å². The smallest absolute Gasteiger partial charge is 0.134 e. The minimum absolute atomic E-state index is 0.618. The lowest BCUT2D eigenvalue weighted by atomic mass is 10.0. The van der Waals surface area contributed by atoms with Gasteiger partial charge in [0.15, 0.2) is 0 Å². The molecule has 3 aromatic carbocycles. The van der Waals surface area contributed by atoms with E-state index in [2.05, 4.69) is 121 Å². The summed E-state index contributed by atoms with van der Waals surface area (Å²) < 4.78 is 17.7. The summed E-state index contributed by atoms with van der Waals surface area (Å²) in [7, 11) is 4.99. The molecule has 0 radical (unpaired) electrons. The number of methoxy groups -OCH3 is 3. The maximum Gasteiger partial charge on any atom is 0.134 e. The van der Waals surface area contributed by atoms with Gasteiger partial charge in [-0.3, -0.25) is 0 Å². The van der Waals surface area contributed by atoms with Gasteiger partial charge < -0.3 is 24.2 Å². The fourth-order valence-electron chi connectivity index (χ4n) is 7.70. The van der Waals surface area contributed by atoms with E-state index in [4.69, 9.17) is 24.2 Å². The van der Waals surface area contributed by atoms with Crippen LogP contribution in [0.2, 0.25) is 0 Å². The van der Waals surface area contributed by atoms with Gasteiger partial charge in [0.2, 0.25) is 0 Å². The Hall–Kier alpha value is -6.34. The zero-order chi connectivity index (χ0) is 37.9. The summed E-state index contributed by atoms with van der Waals surface area (Å²) in [6.07, 6.45) is 14.0. The Bertz CT molecular complexity index is 2570. The SMILES string of the molecule is CCCCCCc1c2nc(c(-c3ccc(C)cc3)c3ccc([nH]3)c(-c3ccccc3)c3nc(c(-c4c(OC)cc(OC)cc4OC)c4ccc1[nH]4)C=C3)C=C2. The van der Waals surface area contributed by atoms with Gasteiger partial charge in [0.05, 0.1) is 49.7 Å². The third-order valence-corrected chi connectivity index (χ3v) is 10.5. The van der Waals surface area contributed by atoms with Crippen LogP contribution in [0.5, 0.6) is 17.2 Å². The number of aromatic nitrogens is 4. The lowest BCUT2D eigenvalue weighted by Crippen LogP contribution is -1.97. The molecule has 7 nitrogen and oxygen atoms in total. The number of rotatable bonds is 11. The average molecular weight is 727 g/mol. The zero-order valence-corrected chi connectivity index (χ0v) is 32.1. The predicted octanol–water partition coefficient (Wildman–Crippen LogP) is 12.1. The number of hydrogen-bond donors (Lipinski definition) is 2. The largest absolute Gasteiger partial charge is 0.496 e. The highest BCUT2D eigenvalue weighted by atomic mass is 16.5. The Balaban J connectivity index is 1.54. The molecule has 0 atom stereocenters. The van der Waals surface area contributed by atoms with E-state index < -0.39 is 0 Å². The first-order chi connectivity index (χ1) is 27.0. The Morgan fingerprint density at radius 3 is 1.64 bits per heavy atom. The van der Waals surface area contributed by atoms with Gasteiger partial charge in [-0.05, 0) is 79.5 Å².